The van der Waals surface area contributed by atoms with Crippen molar-refractivity contribution in [3.63, 3.8) is 0 Å². The van der Waals surface area contributed by atoms with Gasteiger partial charge in [-0.1, -0.05) is 29.3 Å². The molecule has 7 rings (SSSR count). The molecule has 2 heterocycles. The molecule has 2 bridgehead atoms. The molecule has 0 saturated heterocycles. The fourth-order valence-corrected chi connectivity index (χ4v) is 8.44. The molecule has 208 valence electrons. The highest BCUT2D eigenvalue weighted by Crippen LogP contribution is 2.57. The molecule has 0 radical (unpaired) electrons. The van der Waals surface area contributed by atoms with Crippen LogP contribution in [0.25, 0.3) is 15.9 Å². The molecule has 2 N–H and O–H groups in total. The van der Waals surface area contributed by atoms with Gasteiger partial charge in [-0.25, -0.2) is 18.9 Å². The van der Waals surface area contributed by atoms with Crippen LogP contribution in [-0.2, 0) is 16.9 Å². The zero-order chi connectivity index (χ0) is 27.8. The number of ether oxygens (including phenoxy) is 1. The fourth-order valence-electron chi connectivity index (χ4n) is 6.62. The lowest BCUT2D eigenvalue weighted by Crippen LogP contribution is -2.44. The number of nitrogens with zero attached hydrogens (tertiary/aromatic N) is 3. The monoisotopic (exact) mass is 601 g/mol. The Hall–Kier alpha value is -2.56. The number of thiazole rings is 1. The van der Waals surface area contributed by atoms with Crippen LogP contribution < -0.4 is 0 Å². The summed E-state index contributed by atoms with van der Waals surface area (Å²) in [5.74, 6) is -1.61. The Morgan fingerprint density at radius 3 is 2.50 bits per heavy atom. The molecule has 0 aliphatic heterocycles. The minimum atomic E-state index is -1.20. The number of rotatable bonds is 7. The predicted molar refractivity (Wildman–Crippen MR) is 150 cm³/mol. The minimum Gasteiger partial charge on any atom is -0.478 e. The Labute approximate surface area is 243 Å². The third kappa shape index (κ3) is 4.25. The van der Waals surface area contributed by atoms with Crippen LogP contribution in [0.5, 0.6) is 0 Å². The largest absolute Gasteiger partial charge is 0.478 e. The van der Waals surface area contributed by atoms with Crippen molar-refractivity contribution in [2.75, 3.05) is 0 Å². The van der Waals surface area contributed by atoms with Crippen molar-refractivity contribution < 1.29 is 24.1 Å². The predicted octanol–water partition coefficient (Wildman–Crippen LogP) is 7.10. The van der Waals surface area contributed by atoms with Gasteiger partial charge < -0.3 is 14.9 Å². The van der Waals surface area contributed by atoms with E-state index in [1.54, 1.807) is 22.9 Å². The maximum atomic E-state index is 14.7. The van der Waals surface area contributed by atoms with E-state index in [1.165, 1.54) is 17.4 Å². The van der Waals surface area contributed by atoms with Crippen molar-refractivity contribution in [1.82, 2.24) is 14.8 Å². The van der Waals surface area contributed by atoms with Crippen LogP contribution in [0.3, 0.4) is 0 Å². The quantitative estimate of drug-likeness (QED) is 0.234. The normalized spacial score (nSPS) is 26.1. The topological polar surface area (TPSA) is 97.5 Å². The van der Waals surface area contributed by atoms with E-state index >= 15 is 0 Å². The van der Waals surface area contributed by atoms with Crippen molar-refractivity contribution >= 4 is 50.7 Å². The third-order valence-corrected chi connectivity index (χ3v) is 10.5. The summed E-state index contributed by atoms with van der Waals surface area (Å²) in [5, 5.41) is 27.4. The summed E-state index contributed by atoms with van der Waals surface area (Å²) in [6.07, 6.45) is 6.98. The molecule has 0 spiro atoms. The zero-order valence-corrected chi connectivity index (χ0v) is 23.6. The van der Waals surface area contributed by atoms with Gasteiger partial charge in [0.1, 0.15) is 21.8 Å². The van der Waals surface area contributed by atoms with Crippen molar-refractivity contribution in [3.05, 3.63) is 74.2 Å². The Morgan fingerprint density at radius 2 is 1.85 bits per heavy atom. The molecule has 0 amide bonds. The number of carboxylic acids is 1. The number of hydrogen-bond donors (Lipinski definition) is 2. The van der Waals surface area contributed by atoms with E-state index in [2.05, 4.69) is 10.1 Å². The Balaban J connectivity index is 1.14. The number of aromatic carboxylic acids is 1. The summed E-state index contributed by atoms with van der Waals surface area (Å²) in [5.41, 5.74) is 1.53. The molecule has 3 fully saturated rings. The number of aliphatic hydroxyl groups is 1. The van der Waals surface area contributed by atoms with E-state index in [1.807, 2.05) is 6.20 Å². The van der Waals surface area contributed by atoms with Crippen LogP contribution in [0.2, 0.25) is 10.0 Å². The second-order valence-corrected chi connectivity index (χ2v) is 13.0. The Morgan fingerprint density at radius 1 is 1.15 bits per heavy atom. The summed E-state index contributed by atoms with van der Waals surface area (Å²) < 4.78 is 23.4. The van der Waals surface area contributed by atoms with Crippen LogP contribution in [0.15, 0.2) is 36.5 Å². The van der Waals surface area contributed by atoms with Gasteiger partial charge in [0, 0.05) is 0 Å². The first-order valence-corrected chi connectivity index (χ1v) is 15.0. The van der Waals surface area contributed by atoms with Gasteiger partial charge in [-0.15, -0.1) is 11.3 Å². The van der Waals surface area contributed by atoms with Crippen LogP contribution >= 0.6 is 34.5 Å². The van der Waals surface area contributed by atoms with E-state index < -0.39 is 17.4 Å². The highest BCUT2D eigenvalue weighted by molar-refractivity contribution is 7.18. The van der Waals surface area contributed by atoms with Gasteiger partial charge >= 0.3 is 5.97 Å². The highest BCUT2D eigenvalue weighted by atomic mass is 35.5. The van der Waals surface area contributed by atoms with Gasteiger partial charge in [-0.3, -0.25) is 0 Å². The summed E-state index contributed by atoms with van der Waals surface area (Å²) in [6.45, 7) is 0.347. The fraction of sp³-hybridized carbons (Fsp3) is 0.414. The van der Waals surface area contributed by atoms with E-state index in [4.69, 9.17) is 27.9 Å². The molecule has 11 heteroatoms. The SMILES string of the molecule is O=C(O)c1cc(F)c2nc([C@@]3(O)[C@@H]4CC[C@H]3C[C@@H](OCc3c(C5CC5)cnn3-c3c(Cl)cccc3Cl)C4)sc2c1. The lowest BCUT2D eigenvalue weighted by Gasteiger charge is -2.41. The van der Waals surface area contributed by atoms with E-state index in [0.29, 0.717) is 50.8 Å². The summed E-state index contributed by atoms with van der Waals surface area (Å²) in [6, 6.07) is 7.80. The molecule has 7 nitrogen and oxygen atoms in total. The number of aromatic nitrogens is 3. The number of halogens is 3. The first-order valence-electron chi connectivity index (χ1n) is 13.4. The average molecular weight is 603 g/mol. The van der Waals surface area contributed by atoms with Crippen molar-refractivity contribution in [1.29, 1.82) is 0 Å². The smallest absolute Gasteiger partial charge is 0.335 e. The second-order valence-electron chi connectivity index (χ2n) is 11.1. The molecule has 0 unspecified atom stereocenters. The van der Waals surface area contributed by atoms with Crippen molar-refractivity contribution in [2.24, 2.45) is 11.8 Å². The summed E-state index contributed by atoms with van der Waals surface area (Å²) in [4.78, 5) is 15.9. The molecule has 3 saturated carbocycles. The van der Waals surface area contributed by atoms with Crippen LogP contribution in [0, 0.1) is 17.7 Å². The molecule has 2 aromatic heterocycles. The molecule has 2 aromatic carbocycles. The molecule has 4 atom stereocenters. The first kappa shape index (κ1) is 26.3. The van der Waals surface area contributed by atoms with E-state index in [0.717, 1.165) is 43.0 Å². The third-order valence-electron chi connectivity index (χ3n) is 8.76. The lowest BCUT2D eigenvalue weighted by molar-refractivity contribution is -0.116. The molecule has 3 aliphatic rings. The first-order chi connectivity index (χ1) is 19.2. The number of carboxylic acid groups (broad SMARTS) is 1. The number of hydrogen-bond acceptors (Lipinski definition) is 6. The van der Waals surface area contributed by atoms with Crippen molar-refractivity contribution in [2.45, 2.75) is 62.8 Å². The highest BCUT2D eigenvalue weighted by Gasteiger charge is 2.56. The van der Waals surface area contributed by atoms with Crippen LogP contribution in [-0.4, -0.2) is 37.1 Å². The van der Waals surface area contributed by atoms with Gasteiger partial charge in [0.25, 0.3) is 0 Å². The molecular formula is C29H26Cl2FN3O4S. The molecular weight excluding hydrogens is 576 g/mol. The standard InChI is InChI=1S/C29H26Cl2FN3O4S/c30-20-2-1-3-21(31)26(20)35-23(19(12-33-35)14-4-5-14)13-39-18-10-16-6-7-17(11-18)29(16,38)28-34-25-22(32)8-15(27(36)37)9-24(25)40-28/h1-3,8-9,12,14,16-18,38H,4-7,10-11,13H2,(H,36,37)/t16-,17+,18+,29-. The number of para-hydroxylation sites is 1. The molecule has 3 aliphatic carbocycles. The van der Waals surface area contributed by atoms with Gasteiger partial charge in [0.05, 0.1) is 44.9 Å². The van der Waals surface area contributed by atoms with E-state index in [9.17, 15) is 19.4 Å². The second kappa shape index (κ2) is 9.77. The summed E-state index contributed by atoms with van der Waals surface area (Å²) in [7, 11) is 0. The van der Waals surface area contributed by atoms with Crippen LogP contribution in [0.1, 0.15) is 71.1 Å². The Kier molecular flexibility index (Phi) is 6.44. The minimum absolute atomic E-state index is 0.0698. The van der Waals surface area contributed by atoms with Gasteiger partial charge in [0.2, 0.25) is 0 Å². The Bertz CT molecular complexity index is 1620. The summed E-state index contributed by atoms with van der Waals surface area (Å²) >= 11 is 14.2. The maximum Gasteiger partial charge on any atom is 0.335 e. The number of carbonyl (C=O) groups is 1. The molecule has 40 heavy (non-hydrogen) atoms. The van der Waals surface area contributed by atoms with Gasteiger partial charge in [-0.05, 0) is 86.1 Å². The van der Waals surface area contributed by atoms with Gasteiger partial charge in [0.15, 0.2) is 5.82 Å². The number of benzene rings is 2. The number of fused-ring (bicyclic) bond motifs is 3. The zero-order valence-electron chi connectivity index (χ0n) is 21.3. The van der Waals surface area contributed by atoms with Crippen molar-refractivity contribution in [3.8, 4) is 5.69 Å². The lowest BCUT2D eigenvalue weighted by atomic mass is 9.73. The van der Waals surface area contributed by atoms with E-state index in [-0.39, 0.29) is 29.0 Å². The van der Waals surface area contributed by atoms with Crippen LogP contribution in [0.4, 0.5) is 4.39 Å². The molecule has 4 aromatic rings. The maximum absolute atomic E-state index is 14.7. The van der Waals surface area contributed by atoms with Gasteiger partial charge in [-0.2, -0.15) is 5.10 Å². The average Bonchev–Trinajstić information content (AvgIpc) is 3.49.